The maximum absolute atomic E-state index is 4.69. The van der Waals surface area contributed by atoms with E-state index in [9.17, 15) is 0 Å². The van der Waals surface area contributed by atoms with E-state index in [0.29, 0.717) is 0 Å². The van der Waals surface area contributed by atoms with Crippen molar-refractivity contribution in [2.24, 2.45) is 5.10 Å². The van der Waals surface area contributed by atoms with Gasteiger partial charge in [0.15, 0.2) is 0 Å². The largest absolute Gasteiger partial charge is 0.265 e. The van der Waals surface area contributed by atoms with E-state index in [-0.39, 0.29) is 0 Å². The predicted molar refractivity (Wildman–Crippen MR) is 104 cm³/mol. The van der Waals surface area contributed by atoms with Crippen LogP contribution in [-0.4, -0.2) is 12.8 Å². The van der Waals surface area contributed by atoms with Crippen molar-refractivity contribution in [1.82, 2.24) is 0 Å². The van der Waals surface area contributed by atoms with E-state index in [1.807, 2.05) is 54.7 Å². The molecular weight excluding hydrogens is 304 g/mol. The molecule has 2 heteroatoms. The van der Waals surface area contributed by atoms with Crippen molar-refractivity contribution in [3.05, 3.63) is 101 Å². The second kappa shape index (κ2) is 7.07. The lowest BCUT2D eigenvalue weighted by molar-refractivity contribution is 0.896. The third-order valence-corrected chi connectivity index (χ3v) is 4.27. The normalized spacial score (nSPS) is 12.7. The molecule has 0 bridgehead atoms. The molecule has 0 saturated heterocycles. The van der Waals surface area contributed by atoms with Crippen LogP contribution >= 0.6 is 0 Å². The fraction of sp³-hybridized carbons (Fsp3) is 0.0870. The van der Waals surface area contributed by atoms with E-state index in [2.05, 4.69) is 47.2 Å². The quantitative estimate of drug-likeness (QED) is 0.501. The molecule has 120 valence electrons. The zero-order valence-electron chi connectivity index (χ0n) is 13.9. The molecule has 0 unspecified atom stereocenters. The Morgan fingerprint density at radius 3 is 2.48 bits per heavy atom. The Morgan fingerprint density at radius 2 is 1.56 bits per heavy atom. The Bertz CT molecular complexity index is 962. The Morgan fingerprint density at radius 1 is 0.800 bits per heavy atom. The third kappa shape index (κ3) is 3.46. The average Bonchev–Trinajstić information content (AvgIpc) is 3.09. The Hall–Kier alpha value is -3.31. The summed E-state index contributed by atoms with van der Waals surface area (Å²) >= 11 is 0. The van der Waals surface area contributed by atoms with Crippen molar-refractivity contribution >= 4 is 11.9 Å². The first-order valence-electron chi connectivity index (χ1n) is 8.46. The van der Waals surface area contributed by atoms with Gasteiger partial charge in [0, 0.05) is 23.2 Å². The molecule has 3 aromatic carbocycles. The number of hydrogen-bond donors (Lipinski definition) is 0. The minimum Gasteiger partial charge on any atom is -0.265 e. The number of hydrogen-bond acceptors (Lipinski definition) is 2. The molecule has 0 aromatic heterocycles. The summed E-state index contributed by atoms with van der Waals surface area (Å²) < 4.78 is 0. The fourth-order valence-electron chi connectivity index (χ4n) is 2.96. The maximum Gasteiger partial charge on any atom is 0.0626 e. The summed E-state index contributed by atoms with van der Waals surface area (Å²) in [5.74, 6) is 6.48. The standard InChI is InChI=1S/C23H18N2/c1-2-8-19(9-3-1)14-15-20-10-4-5-12-22(20)18-24-25-17-16-21-11-6-7-13-23(21)25/h1-13,18H,16-17H2/b24-18+. The SMILES string of the molecule is C(#Cc1ccccc1/C=N/N1CCc2ccccc21)c1ccccc1. The minimum atomic E-state index is 0.924. The lowest BCUT2D eigenvalue weighted by atomic mass is 10.1. The molecule has 2 nitrogen and oxygen atoms in total. The number of hydrazone groups is 1. The number of para-hydroxylation sites is 1. The van der Waals surface area contributed by atoms with Crippen LogP contribution in [0.1, 0.15) is 22.3 Å². The molecule has 0 atom stereocenters. The van der Waals surface area contributed by atoms with Gasteiger partial charge in [0.25, 0.3) is 0 Å². The van der Waals surface area contributed by atoms with Crippen molar-refractivity contribution in [1.29, 1.82) is 0 Å². The molecule has 0 N–H and O–H groups in total. The second-order valence-electron chi connectivity index (χ2n) is 5.95. The zero-order chi connectivity index (χ0) is 16.9. The molecule has 0 fully saturated rings. The summed E-state index contributed by atoms with van der Waals surface area (Å²) in [5, 5.41) is 6.76. The number of nitrogens with zero attached hydrogens (tertiary/aromatic N) is 2. The Labute approximate surface area is 148 Å². The van der Waals surface area contributed by atoms with Crippen LogP contribution in [0.2, 0.25) is 0 Å². The van der Waals surface area contributed by atoms with Crippen LogP contribution in [0.15, 0.2) is 84.0 Å². The molecule has 1 heterocycles. The summed E-state index contributed by atoms with van der Waals surface area (Å²) in [6.07, 6.45) is 2.96. The molecule has 0 aliphatic carbocycles. The molecule has 0 saturated carbocycles. The lowest BCUT2D eigenvalue weighted by Gasteiger charge is -2.12. The molecule has 1 aliphatic rings. The van der Waals surface area contributed by atoms with Crippen molar-refractivity contribution < 1.29 is 0 Å². The first-order valence-corrected chi connectivity index (χ1v) is 8.46. The third-order valence-electron chi connectivity index (χ3n) is 4.27. The first-order chi connectivity index (χ1) is 12.4. The highest BCUT2D eigenvalue weighted by atomic mass is 15.5. The highest BCUT2D eigenvalue weighted by Gasteiger charge is 2.16. The highest BCUT2D eigenvalue weighted by molar-refractivity contribution is 5.84. The fourth-order valence-corrected chi connectivity index (χ4v) is 2.96. The molecular formula is C23H18N2. The van der Waals surface area contributed by atoms with E-state index in [0.717, 1.165) is 29.7 Å². The average molecular weight is 322 g/mol. The van der Waals surface area contributed by atoms with Crippen LogP contribution in [-0.2, 0) is 6.42 Å². The van der Waals surface area contributed by atoms with Gasteiger partial charge in [-0.05, 0) is 36.2 Å². The first kappa shape index (κ1) is 15.2. The molecule has 0 radical (unpaired) electrons. The monoisotopic (exact) mass is 322 g/mol. The van der Waals surface area contributed by atoms with Crippen molar-refractivity contribution in [2.45, 2.75) is 6.42 Å². The van der Waals surface area contributed by atoms with Crippen LogP contribution in [0.3, 0.4) is 0 Å². The lowest BCUT2D eigenvalue weighted by Crippen LogP contribution is -2.12. The molecule has 1 aliphatic heterocycles. The van der Waals surface area contributed by atoms with Crippen LogP contribution in [0.5, 0.6) is 0 Å². The van der Waals surface area contributed by atoms with Gasteiger partial charge >= 0.3 is 0 Å². The second-order valence-corrected chi connectivity index (χ2v) is 5.95. The van der Waals surface area contributed by atoms with Crippen LogP contribution in [0, 0.1) is 11.8 Å². The number of benzene rings is 3. The van der Waals surface area contributed by atoms with Crippen molar-refractivity contribution in [3.8, 4) is 11.8 Å². The number of fused-ring (bicyclic) bond motifs is 1. The molecule has 0 spiro atoms. The van der Waals surface area contributed by atoms with Gasteiger partial charge in [0.05, 0.1) is 11.9 Å². The van der Waals surface area contributed by atoms with Gasteiger partial charge in [0.2, 0.25) is 0 Å². The Kier molecular flexibility index (Phi) is 4.31. The predicted octanol–water partition coefficient (Wildman–Crippen LogP) is 4.48. The molecule has 3 aromatic rings. The zero-order valence-corrected chi connectivity index (χ0v) is 13.9. The van der Waals surface area contributed by atoms with E-state index in [4.69, 9.17) is 5.10 Å². The van der Waals surface area contributed by atoms with E-state index < -0.39 is 0 Å². The van der Waals surface area contributed by atoms with Gasteiger partial charge in [-0.25, -0.2) is 0 Å². The van der Waals surface area contributed by atoms with E-state index in [1.54, 1.807) is 0 Å². The van der Waals surface area contributed by atoms with Crippen molar-refractivity contribution in [3.63, 3.8) is 0 Å². The Balaban J connectivity index is 1.59. The summed E-state index contributed by atoms with van der Waals surface area (Å²) in [4.78, 5) is 0. The van der Waals surface area contributed by atoms with Gasteiger partial charge < -0.3 is 0 Å². The van der Waals surface area contributed by atoms with Gasteiger partial charge in [-0.15, -0.1) is 0 Å². The smallest absolute Gasteiger partial charge is 0.0626 e. The number of rotatable bonds is 2. The molecule has 0 amide bonds. The van der Waals surface area contributed by atoms with E-state index in [1.165, 1.54) is 11.3 Å². The van der Waals surface area contributed by atoms with Gasteiger partial charge in [-0.3, -0.25) is 5.01 Å². The van der Waals surface area contributed by atoms with Crippen LogP contribution in [0.4, 0.5) is 5.69 Å². The summed E-state index contributed by atoms with van der Waals surface area (Å²) in [5.41, 5.74) is 5.60. The van der Waals surface area contributed by atoms with Crippen LogP contribution in [0.25, 0.3) is 0 Å². The van der Waals surface area contributed by atoms with Crippen molar-refractivity contribution in [2.75, 3.05) is 11.6 Å². The summed E-state index contributed by atoms with van der Waals surface area (Å²) in [6, 6.07) is 26.6. The van der Waals surface area contributed by atoms with Crippen LogP contribution < -0.4 is 5.01 Å². The highest BCUT2D eigenvalue weighted by Crippen LogP contribution is 2.27. The number of anilines is 1. The van der Waals surface area contributed by atoms with Gasteiger partial charge in [-0.2, -0.15) is 5.10 Å². The molecule has 25 heavy (non-hydrogen) atoms. The van der Waals surface area contributed by atoms with Gasteiger partial charge in [-0.1, -0.05) is 66.4 Å². The molecule has 4 rings (SSSR count). The van der Waals surface area contributed by atoms with E-state index >= 15 is 0 Å². The summed E-state index contributed by atoms with van der Waals surface area (Å²) in [6.45, 7) is 0.924. The summed E-state index contributed by atoms with van der Waals surface area (Å²) in [7, 11) is 0. The maximum atomic E-state index is 4.69. The minimum absolute atomic E-state index is 0.924. The topological polar surface area (TPSA) is 15.6 Å². The van der Waals surface area contributed by atoms with Gasteiger partial charge in [0.1, 0.15) is 0 Å².